The van der Waals surface area contributed by atoms with Crippen molar-refractivity contribution in [1.29, 1.82) is 0 Å². The molecule has 0 saturated carbocycles. The molecule has 1 heterocycles. The molecule has 1 N–H and O–H groups in total. The summed E-state index contributed by atoms with van der Waals surface area (Å²) in [6, 6.07) is 16.8. The van der Waals surface area contributed by atoms with Gasteiger partial charge in [0.15, 0.2) is 0 Å². The Bertz CT molecular complexity index is 651. The van der Waals surface area contributed by atoms with Gasteiger partial charge in [-0.1, -0.05) is 36.4 Å². The molecule has 0 unspecified atom stereocenters. The second-order valence-electron chi connectivity index (χ2n) is 5.82. The predicted molar refractivity (Wildman–Crippen MR) is 88.9 cm³/mol. The first-order valence-electron chi connectivity index (χ1n) is 8.02. The lowest BCUT2D eigenvalue weighted by Gasteiger charge is -2.24. The van der Waals surface area contributed by atoms with E-state index in [0.717, 1.165) is 43.0 Å². The van der Waals surface area contributed by atoms with Gasteiger partial charge in [-0.25, -0.2) is 0 Å². The molecule has 120 valence electrons. The van der Waals surface area contributed by atoms with Crippen LogP contribution in [0.25, 0.3) is 0 Å². The van der Waals surface area contributed by atoms with Crippen molar-refractivity contribution in [2.75, 3.05) is 13.1 Å². The fraction of sp³-hybridized carbons (Fsp3) is 0.316. The van der Waals surface area contributed by atoms with Crippen LogP contribution in [0, 0.1) is 0 Å². The van der Waals surface area contributed by atoms with Gasteiger partial charge in [0.25, 0.3) is 0 Å². The Hall–Kier alpha value is -2.33. The number of carboxylic acids is 1. The smallest absolute Gasteiger partial charge is 0.321 e. The molecule has 23 heavy (non-hydrogen) atoms. The molecular weight excluding hydrogens is 290 g/mol. The summed E-state index contributed by atoms with van der Waals surface area (Å²) in [7, 11) is 0. The number of likely N-dealkylation sites (tertiary alicyclic amines) is 1. The van der Waals surface area contributed by atoms with Crippen LogP contribution in [-0.2, 0) is 11.2 Å². The van der Waals surface area contributed by atoms with Crippen molar-refractivity contribution in [1.82, 2.24) is 4.90 Å². The highest BCUT2D eigenvalue weighted by atomic mass is 16.5. The molecule has 0 spiro atoms. The summed E-state index contributed by atoms with van der Waals surface area (Å²) in [5.41, 5.74) is 0.927. The summed E-state index contributed by atoms with van der Waals surface area (Å²) in [5.74, 6) is 0.721. The maximum atomic E-state index is 11.7. The van der Waals surface area contributed by atoms with Crippen molar-refractivity contribution in [3.63, 3.8) is 0 Å². The second kappa shape index (κ2) is 7.29. The van der Waals surface area contributed by atoms with Crippen molar-refractivity contribution in [2.45, 2.75) is 25.3 Å². The topological polar surface area (TPSA) is 49.8 Å². The molecule has 0 aromatic heterocycles. The van der Waals surface area contributed by atoms with Crippen LogP contribution >= 0.6 is 0 Å². The van der Waals surface area contributed by atoms with Gasteiger partial charge in [0.2, 0.25) is 0 Å². The van der Waals surface area contributed by atoms with E-state index in [1.165, 1.54) is 0 Å². The van der Waals surface area contributed by atoms with E-state index in [4.69, 9.17) is 4.74 Å². The summed E-state index contributed by atoms with van der Waals surface area (Å²) in [6.45, 7) is 1.72. The van der Waals surface area contributed by atoms with Gasteiger partial charge in [-0.2, -0.15) is 0 Å². The normalized spacial score (nSPS) is 16.2. The number of carboxylic acid groups (broad SMARTS) is 1. The fourth-order valence-corrected chi connectivity index (χ4v) is 3.02. The summed E-state index contributed by atoms with van der Waals surface area (Å²) >= 11 is 0. The minimum absolute atomic E-state index is 0.457. The first-order valence-corrected chi connectivity index (χ1v) is 8.02. The number of carbonyl (C=O) groups is 1. The summed E-state index contributed by atoms with van der Waals surface area (Å²) in [5, 5.41) is 9.59. The number of hydrogen-bond donors (Lipinski definition) is 1. The maximum Gasteiger partial charge on any atom is 0.321 e. The number of rotatable bonds is 6. The highest BCUT2D eigenvalue weighted by Gasteiger charge is 2.28. The Labute approximate surface area is 136 Å². The number of para-hydroxylation sites is 2. The zero-order chi connectivity index (χ0) is 16.1. The molecular formula is C19H21NO3. The molecule has 2 aromatic carbocycles. The number of nitrogens with zero attached hydrogens (tertiary/aromatic N) is 1. The molecule has 1 aliphatic rings. The van der Waals surface area contributed by atoms with E-state index in [1.54, 1.807) is 0 Å². The summed E-state index contributed by atoms with van der Waals surface area (Å²) in [4.78, 5) is 13.7. The van der Waals surface area contributed by atoms with Crippen LogP contribution in [-0.4, -0.2) is 35.1 Å². The molecule has 0 bridgehead atoms. The Morgan fingerprint density at radius 2 is 1.70 bits per heavy atom. The van der Waals surface area contributed by atoms with Crippen molar-refractivity contribution < 1.29 is 14.6 Å². The molecule has 0 amide bonds. The van der Waals surface area contributed by atoms with Crippen molar-refractivity contribution in [3.05, 3.63) is 60.2 Å². The minimum atomic E-state index is -0.763. The molecule has 4 nitrogen and oxygen atoms in total. The monoisotopic (exact) mass is 311 g/mol. The molecule has 0 radical (unpaired) electrons. The van der Waals surface area contributed by atoms with Gasteiger partial charge in [0.05, 0.1) is 0 Å². The third kappa shape index (κ3) is 3.90. The zero-order valence-electron chi connectivity index (χ0n) is 13.0. The lowest BCUT2D eigenvalue weighted by atomic mass is 10.0. The Morgan fingerprint density at radius 3 is 2.39 bits per heavy atom. The van der Waals surface area contributed by atoms with Crippen molar-refractivity contribution in [3.8, 4) is 11.5 Å². The van der Waals surface area contributed by atoms with Crippen LogP contribution in [0.5, 0.6) is 11.5 Å². The Morgan fingerprint density at radius 1 is 1.04 bits per heavy atom. The first-order chi connectivity index (χ1) is 11.2. The van der Waals surface area contributed by atoms with E-state index >= 15 is 0 Å². The summed E-state index contributed by atoms with van der Waals surface area (Å²) < 4.78 is 5.94. The van der Waals surface area contributed by atoms with Gasteiger partial charge < -0.3 is 9.84 Å². The number of aliphatic carboxylic acids is 1. The Balaban J connectivity index is 1.80. The van der Waals surface area contributed by atoms with Gasteiger partial charge in [-0.15, -0.1) is 0 Å². The second-order valence-corrected chi connectivity index (χ2v) is 5.82. The average Bonchev–Trinajstić information content (AvgIpc) is 3.09. The van der Waals surface area contributed by atoms with Crippen molar-refractivity contribution >= 4 is 5.97 Å². The molecule has 1 atom stereocenters. The maximum absolute atomic E-state index is 11.7. The number of benzene rings is 2. The lowest BCUT2D eigenvalue weighted by Crippen LogP contribution is -2.40. The van der Waals surface area contributed by atoms with E-state index in [9.17, 15) is 9.90 Å². The minimum Gasteiger partial charge on any atom is -0.480 e. The van der Waals surface area contributed by atoms with E-state index in [-0.39, 0.29) is 0 Å². The predicted octanol–water partition coefficient (Wildman–Crippen LogP) is 3.57. The molecule has 1 aliphatic heterocycles. The Kier molecular flexibility index (Phi) is 4.93. The SMILES string of the molecule is O=C(O)[C@H](Cc1ccccc1Oc1ccccc1)N1CCCC1. The van der Waals surface area contributed by atoms with Crippen LogP contribution in [0.15, 0.2) is 54.6 Å². The number of ether oxygens (including phenoxy) is 1. The summed E-state index contributed by atoms with van der Waals surface area (Å²) in [6.07, 6.45) is 2.61. The average molecular weight is 311 g/mol. The van der Waals surface area contributed by atoms with Gasteiger partial charge in [-0.3, -0.25) is 9.69 Å². The van der Waals surface area contributed by atoms with E-state index in [2.05, 4.69) is 4.90 Å². The molecule has 1 saturated heterocycles. The lowest BCUT2D eigenvalue weighted by molar-refractivity contribution is -0.142. The van der Waals surface area contributed by atoms with Gasteiger partial charge in [0.1, 0.15) is 17.5 Å². The van der Waals surface area contributed by atoms with E-state index in [1.807, 2.05) is 54.6 Å². The molecule has 1 fully saturated rings. The quantitative estimate of drug-likeness (QED) is 0.886. The van der Waals surface area contributed by atoms with Gasteiger partial charge in [-0.05, 0) is 49.7 Å². The van der Waals surface area contributed by atoms with Gasteiger partial charge >= 0.3 is 5.97 Å². The molecule has 0 aliphatic carbocycles. The van der Waals surface area contributed by atoms with Crippen LogP contribution in [0.3, 0.4) is 0 Å². The van der Waals surface area contributed by atoms with Crippen LogP contribution in [0.2, 0.25) is 0 Å². The fourth-order valence-electron chi connectivity index (χ4n) is 3.02. The van der Waals surface area contributed by atoms with Crippen LogP contribution in [0.1, 0.15) is 18.4 Å². The van der Waals surface area contributed by atoms with Gasteiger partial charge in [0, 0.05) is 6.42 Å². The standard InChI is InChI=1S/C19H21NO3/c21-19(22)17(20-12-6-7-13-20)14-15-8-4-5-11-18(15)23-16-9-2-1-3-10-16/h1-5,8-11,17H,6-7,12-14H2,(H,21,22)/t17-/m0/s1. The van der Waals surface area contributed by atoms with Crippen LogP contribution in [0.4, 0.5) is 0 Å². The van der Waals surface area contributed by atoms with Crippen molar-refractivity contribution in [2.24, 2.45) is 0 Å². The molecule has 4 heteroatoms. The third-order valence-electron chi connectivity index (χ3n) is 4.22. The highest BCUT2D eigenvalue weighted by molar-refractivity contribution is 5.74. The molecule has 2 aromatic rings. The largest absolute Gasteiger partial charge is 0.480 e. The van der Waals surface area contributed by atoms with E-state index < -0.39 is 12.0 Å². The van der Waals surface area contributed by atoms with Crippen LogP contribution < -0.4 is 4.74 Å². The zero-order valence-corrected chi connectivity index (χ0v) is 13.0. The first kappa shape index (κ1) is 15.6. The van der Waals surface area contributed by atoms with E-state index in [0.29, 0.717) is 6.42 Å². The third-order valence-corrected chi connectivity index (χ3v) is 4.22. The molecule has 3 rings (SSSR count). The highest BCUT2D eigenvalue weighted by Crippen LogP contribution is 2.27. The number of hydrogen-bond acceptors (Lipinski definition) is 3.